The third-order valence-electron chi connectivity index (χ3n) is 12.5. The van der Waals surface area contributed by atoms with Gasteiger partial charge in [0.15, 0.2) is 57.9 Å². The number of halogens is 3. The van der Waals surface area contributed by atoms with E-state index in [2.05, 4.69) is 97.5 Å². The van der Waals surface area contributed by atoms with Gasteiger partial charge in [0.1, 0.15) is 15.6 Å². The lowest BCUT2D eigenvalue weighted by atomic mass is 10.2. The molecule has 0 aliphatic carbocycles. The molecule has 3 heterocycles. The van der Waals surface area contributed by atoms with Crippen molar-refractivity contribution in [3.8, 4) is 34.5 Å². The van der Waals surface area contributed by atoms with E-state index in [9.17, 15) is 36.0 Å². The van der Waals surface area contributed by atoms with Crippen LogP contribution in [-0.2, 0) is 24.2 Å². The van der Waals surface area contributed by atoms with Crippen molar-refractivity contribution in [1.82, 2.24) is 29.9 Å². The first-order valence-electron chi connectivity index (χ1n) is 28.4. The number of sulfone groups is 1. The standard InChI is InChI=1S/C23H24FN5O4S.C22H22FN5O4.C21H20FN5O3/c1-3-21(30)26-16-7-4-8-17(13-16)27-22-20(24)15-25-23(29-22)28-18-9-5-10-19(14-18)33-11-6-12-34(2,31)32;1-5-19(29)25-13-7-6-8-14(9-13)26-21-16(23)12-24-22(28-21)27-15-10-17(30-2)20(32-4)18(11-15)31-3;1-4-19(28)24-13-6-5-7-14(10-13)25-20-16(22)12-23-21(27-20)26-15-8-9-17(29-2)18(11-15)30-3/h3-5,7-10,13-15H,1,6,11-12H2,2H3,(H,26,30)(H2,25,27,28,29);5-12H,1H2,2-4H3,(H,25,29)(H2,24,26,27,28);4-12H,1H2,2-3H3,(H,24,28)(H2,23,25,26,27). The molecular formula is C66H66F3N15O11S. The van der Waals surface area contributed by atoms with Gasteiger partial charge in [0, 0.05) is 81.7 Å². The Kier molecular flexibility index (Phi) is 25.7. The topological polar surface area (TPSA) is 326 Å². The molecule has 9 aromatic rings. The third kappa shape index (κ3) is 21.9. The summed E-state index contributed by atoms with van der Waals surface area (Å²) in [5.74, 6) is 0.334. The van der Waals surface area contributed by atoms with E-state index < -0.39 is 27.3 Å². The first-order chi connectivity index (χ1) is 46.2. The van der Waals surface area contributed by atoms with Gasteiger partial charge in [0.05, 0.1) is 66.5 Å². The number of hydrogen-bond donors (Lipinski definition) is 9. The first kappa shape index (κ1) is 71.0. The summed E-state index contributed by atoms with van der Waals surface area (Å²) in [6, 6.07) is 35.7. The van der Waals surface area contributed by atoms with E-state index in [1.807, 2.05) is 0 Å². The molecule has 9 N–H and O–H groups in total. The Morgan fingerprint density at radius 3 is 1.17 bits per heavy atom. The van der Waals surface area contributed by atoms with Crippen LogP contribution in [0, 0.1) is 17.5 Å². The van der Waals surface area contributed by atoms with Crippen molar-refractivity contribution >= 4 is 114 Å². The zero-order valence-corrected chi connectivity index (χ0v) is 53.4. The van der Waals surface area contributed by atoms with E-state index in [1.54, 1.807) is 135 Å². The SMILES string of the molecule is C=CC(=O)Nc1cccc(Nc2nc(Nc3cc(OC)c(OC)c(OC)c3)ncc2F)c1.C=CC(=O)Nc1cccc(Nc2nc(Nc3ccc(OC)c(OC)c3)ncc2F)c1.C=CC(=O)Nc1cccc(Nc2nc(Nc3cccc(OCCCS(C)(=O)=O)c3)ncc2F)c1. The number of amides is 3. The summed E-state index contributed by atoms with van der Waals surface area (Å²) in [4.78, 5) is 58.9. The summed E-state index contributed by atoms with van der Waals surface area (Å²) in [5.41, 5.74) is 4.91. The molecule has 0 unspecified atom stereocenters. The van der Waals surface area contributed by atoms with Crippen molar-refractivity contribution in [1.29, 1.82) is 0 Å². The average Bonchev–Trinajstić information content (AvgIpc) is 0.857. The lowest BCUT2D eigenvalue weighted by Gasteiger charge is -2.15. The van der Waals surface area contributed by atoms with E-state index in [0.29, 0.717) is 92.1 Å². The highest BCUT2D eigenvalue weighted by Crippen LogP contribution is 2.41. The minimum absolute atomic E-state index is 0.0276. The molecule has 0 bridgehead atoms. The Labute approximate surface area is 550 Å². The molecule has 0 atom stereocenters. The summed E-state index contributed by atoms with van der Waals surface area (Å²) in [6.45, 7) is 10.5. The number of hydrogen-bond acceptors (Lipinski definition) is 23. The summed E-state index contributed by atoms with van der Waals surface area (Å²) < 4.78 is 97.4. The van der Waals surface area contributed by atoms with E-state index in [-0.39, 0.29) is 65.4 Å². The summed E-state index contributed by atoms with van der Waals surface area (Å²) >= 11 is 0. The van der Waals surface area contributed by atoms with Gasteiger partial charge in [-0.2, -0.15) is 15.0 Å². The van der Waals surface area contributed by atoms with Gasteiger partial charge in [0.2, 0.25) is 41.3 Å². The lowest BCUT2D eigenvalue weighted by molar-refractivity contribution is -0.112. The van der Waals surface area contributed by atoms with Crippen molar-refractivity contribution < 1.29 is 64.4 Å². The second kappa shape index (κ2) is 34.8. The van der Waals surface area contributed by atoms with Crippen LogP contribution < -0.4 is 76.3 Å². The normalized spacial score (nSPS) is 10.4. The maximum atomic E-state index is 14.3. The van der Waals surface area contributed by atoms with Gasteiger partial charge in [-0.15, -0.1) is 0 Å². The van der Waals surface area contributed by atoms with Crippen LogP contribution in [0.4, 0.5) is 99.7 Å². The summed E-state index contributed by atoms with van der Waals surface area (Å²) in [5, 5.41) is 25.5. The molecule has 30 heteroatoms. The van der Waals surface area contributed by atoms with Crippen LogP contribution in [0.15, 0.2) is 184 Å². The van der Waals surface area contributed by atoms with Gasteiger partial charge < -0.3 is 76.3 Å². The molecule has 0 aliphatic heterocycles. The summed E-state index contributed by atoms with van der Waals surface area (Å²) in [6.07, 6.45) is 8.17. The minimum Gasteiger partial charge on any atom is -0.493 e. The summed E-state index contributed by atoms with van der Waals surface area (Å²) in [7, 11) is 4.55. The fourth-order valence-electron chi connectivity index (χ4n) is 8.19. The van der Waals surface area contributed by atoms with Gasteiger partial charge >= 0.3 is 0 Å². The van der Waals surface area contributed by atoms with Crippen molar-refractivity contribution in [3.05, 3.63) is 201 Å². The monoisotopic (exact) mass is 1330 g/mol. The molecular weight excluding hydrogens is 1270 g/mol. The number of methoxy groups -OCH3 is 5. The highest BCUT2D eigenvalue weighted by molar-refractivity contribution is 7.90. The Morgan fingerprint density at radius 1 is 0.438 bits per heavy atom. The Morgan fingerprint density at radius 2 is 0.792 bits per heavy atom. The number of rotatable bonds is 28. The van der Waals surface area contributed by atoms with E-state index in [1.165, 1.54) is 34.7 Å². The van der Waals surface area contributed by atoms with Gasteiger partial charge in [-0.05, 0) is 104 Å². The first-order valence-corrected chi connectivity index (χ1v) is 30.5. The molecule has 498 valence electrons. The van der Waals surface area contributed by atoms with E-state index >= 15 is 0 Å². The van der Waals surface area contributed by atoms with Gasteiger partial charge in [-0.25, -0.2) is 36.5 Å². The number of aromatic nitrogens is 6. The van der Waals surface area contributed by atoms with Crippen LogP contribution in [0.3, 0.4) is 0 Å². The van der Waals surface area contributed by atoms with Gasteiger partial charge in [-0.1, -0.05) is 44.0 Å². The number of anilines is 15. The Hall–Kier alpha value is -12.5. The molecule has 3 amide bonds. The van der Waals surface area contributed by atoms with Crippen molar-refractivity contribution in [2.45, 2.75) is 6.42 Å². The average molecular weight is 1330 g/mol. The largest absolute Gasteiger partial charge is 0.493 e. The molecule has 0 saturated carbocycles. The molecule has 6 aromatic carbocycles. The molecule has 3 aromatic heterocycles. The quantitative estimate of drug-likeness (QED) is 0.0162. The lowest BCUT2D eigenvalue weighted by Crippen LogP contribution is -2.08. The fraction of sp³-hybridized carbons (Fsp3) is 0.136. The molecule has 0 saturated heterocycles. The van der Waals surface area contributed by atoms with E-state index in [0.717, 1.165) is 36.8 Å². The zero-order chi connectivity index (χ0) is 69.2. The van der Waals surface area contributed by atoms with Crippen LogP contribution in [0.1, 0.15) is 6.42 Å². The third-order valence-corrected chi connectivity index (χ3v) is 13.6. The zero-order valence-electron chi connectivity index (χ0n) is 52.5. The smallest absolute Gasteiger partial charge is 0.247 e. The molecule has 0 fully saturated rings. The van der Waals surface area contributed by atoms with Crippen molar-refractivity contribution in [2.24, 2.45) is 0 Å². The van der Waals surface area contributed by atoms with Gasteiger partial charge in [-0.3, -0.25) is 14.4 Å². The predicted molar refractivity (Wildman–Crippen MR) is 363 cm³/mol. The van der Waals surface area contributed by atoms with Gasteiger partial charge in [0.25, 0.3) is 0 Å². The minimum atomic E-state index is -3.03. The molecule has 0 radical (unpaired) electrons. The predicted octanol–water partition coefficient (Wildman–Crippen LogP) is 12.5. The highest BCUT2D eigenvalue weighted by atomic mass is 32.2. The fourth-order valence-corrected chi connectivity index (χ4v) is 8.83. The van der Waals surface area contributed by atoms with Crippen LogP contribution >= 0.6 is 0 Å². The number of nitrogens with zero attached hydrogens (tertiary/aromatic N) is 6. The number of ether oxygens (including phenoxy) is 6. The molecule has 0 spiro atoms. The number of carbonyl (C=O) groups is 3. The van der Waals surface area contributed by atoms with Crippen molar-refractivity contribution in [2.75, 3.05) is 102 Å². The maximum absolute atomic E-state index is 14.3. The maximum Gasteiger partial charge on any atom is 0.247 e. The van der Waals surface area contributed by atoms with Crippen LogP contribution in [0.2, 0.25) is 0 Å². The second-order valence-electron chi connectivity index (χ2n) is 19.6. The molecule has 0 aliphatic rings. The molecule has 26 nitrogen and oxygen atoms in total. The van der Waals surface area contributed by atoms with Crippen LogP contribution in [0.5, 0.6) is 34.5 Å². The van der Waals surface area contributed by atoms with E-state index in [4.69, 9.17) is 28.4 Å². The Balaban J connectivity index is 0.000000204. The van der Waals surface area contributed by atoms with Crippen LogP contribution in [0.25, 0.3) is 0 Å². The van der Waals surface area contributed by atoms with Crippen LogP contribution in [-0.4, -0.2) is 110 Å². The molecule has 9 rings (SSSR count). The second-order valence-corrected chi connectivity index (χ2v) is 21.8. The number of carbonyl (C=O) groups excluding carboxylic acids is 3. The van der Waals surface area contributed by atoms with Crippen molar-refractivity contribution in [3.63, 3.8) is 0 Å². The number of benzene rings is 6. The Bertz CT molecular complexity index is 4340. The number of nitrogens with one attached hydrogen (secondary N) is 9. The highest BCUT2D eigenvalue weighted by Gasteiger charge is 2.17. The molecule has 96 heavy (non-hydrogen) atoms.